The molecule has 3 unspecified atom stereocenters. The molecular formula is C15H28N4O. The van der Waals surface area contributed by atoms with E-state index in [1.807, 2.05) is 25.0 Å². The Hall–Kier alpha value is -0.910. The third kappa shape index (κ3) is 3.22. The molecule has 0 aromatic carbocycles. The van der Waals surface area contributed by atoms with Crippen molar-refractivity contribution in [2.45, 2.75) is 57.1 Å². The molecule has 1 aromatic heterocycles. The highest BCUT2D eigenvalue weighted by molar-refractivity contribution is 5.03. The van der Waals surface area contributed by atoms with E-state index >= 15 is 0 Å². The quantitative estimate of drug-likeness (QED) is 0.616. The third-order valence-corrected chi connectivity index (χ3v) is 4.85. The number of nitrogens with zero attached hydrogens (tertiary/aromatic N) is 2. The normalized spacial score (nSPS) is 28.5. The molecule has 1 fully saturated rings. The van der Waals surface area contributed by atoms with E-state index in [1.165, 1.54) is 18.5 Å². The van der Waals surface area contributed by atoms with Crippen LogP contribution in [0.2, 0.25) is 0 Å². The maximum atomic E-state index is 5.94. The standard InChI is InChI=1S/C15H28N4O/c1-12-5-4-9-15(11-12,20-3)14(18-16)7-6-13-8-10-17-19(13)2/h8,10,12,14,18H,4-7,9,11,16H2,1-3H3. The van der Waals surface area contributed by atoms with Crippen LogP contribution in [-0.2, 0) is 18.2 Å². The molecule has 2 rings (SSSR count). The Kier molecular flexibility index (Phi) is 5.18. The Labute approximate surface area is 121 Å². The van der Waals surface area contributed by atoms with Crippen molar-refractivity contribution < 1.29 is 4.74 Å². The summed E-state index contributed by atoms with van der Waals surface area (Å²) in [6.45, 7) is 2.31. The zero-order chi connectivity index (χ0) is 14.6. The van der Waals surface area contributed by atoms with Crippen LogP contribution in [0.1, 0.15) is 44.7 Å². The van der Waals surface area contributed by atoms with Crippen molar-refractivity contribution in [3.63, 3.8) is 0 Å². The molecule has 1 aliphatic rings. The molecule has 1 heterocycles. The number of nitrogens with two attached hydrogens (primary N) is 1. The smallest absolute Gasteiger partial charge is 0.0847 e. The van der Waals surface area contributed by atoms with Gasteiger partial charge in [-0.3, -0.25) is 16.0 Å². The Bertz CT molecular complexity index is 420. The molecule has 5 nitrogen and oxygen atoms in total. The number of ether oxygens (including phenoxy) is 1. The van der Waals surface area contributed by atoms with Crippen LogP contribution < -0.4 is 11.3 Å². The SMILES string of the molecule is COC1(C(CCc2ccnn2C)NN)CCCC(C)C1. The van der Waals surface area contributed by atoms with Crippen LogP contribution >= 0.6 is 0 Å². The van der Waals surface area contributed by atoms with Gasteiger partial charge in [-0.05, 0) is 37.7 Å². The molecule has 0 bridgehead atoms. The van der Waals surface area contributed by atoms with Gasteiger partial charge in [0.15, 0.2) is 0 Å². The van der Waals surface area contributed by atoms with Gasteiger partial charge in [0.2, 0.25) is 0 Å². The molecule has 3 N–H and O–H groups in total. The predicted molar refractivity (Wildman–Crippen MR) is 80.0 cm³/mol. The van der Waals surface area contributed by atoms with Crippen LogP contribution in [0.4, 0.5) is 0 Å². The number of hydrogen-bond acceptors (Lipinski definition) is 4. The van der Waals surface area contributed by atoms with Gasteiger partial charge in [-0.1, -0.05) is 19.8 Å². The van der Waals surface area contributed by atoms with Gasteiger partial charge in [0.05, 0.1) is 11.6 Å². The summed E-state index contributed by atoms with van der Waals surface area (Å²) in [4.78, 5) is 0. The largest absolute Gasteiger partial charge is 0.377 e. The first-order valence-corrected chi connectivity index (χ1v) is 7.59. The minimum atomic E-state index is -0.120. The van der Waals surface area contributed by atoms with E-state index in [1.54, 1.807) is 0 Å². The number of hydrogen-bond donors (Lipinski definition) is 2. The minimum absolute atomic E-state index is 0.120. The molecule has 1 saturated carbocycles. The molecule has 5 heteroatoms. The van der Waals surface area contributed by atoms with E-state index in [-0.39, 0.29) is 11.6 Å². The van der Waals surface area contributed by atoms with Crippen LogP contribution in [0, 0.1) is 5.92 Å². The lowest BCUT2D eigenvalue weighted by atomic mass is 9.73. The van der Waals surface area contributed by atoms with Gasteiger partial charge in [-0.2, -0.15) is 5.10 Å². The summed E-state index contributed by atoms with van der Waals surface area (Å²) >= 11 is 0. The highest BCUT2D eigenvalue weighted by Gasteiger charge is 2.41. The van der Waals surface area contributed by atoms with Crippen molar-refractivity contribution in [1.29, 1.82) is 0 Å². The average molecular weight is 280 g/mol. The Morgan fingerprint density at radius 1 is 1.65 bits per heavy atom. The van der Waals surface area contributed by atoms with Crippen LogP contribution in [-0.4, -0.2) is 28.5 Å². The van der Waals surface area contributed by atoms with Crippen molar-refractivity contribution >= 4 is 0 Å². The second-order valence-corrected chi connectivity index (χ2v) is 6.17. The summed E-state index contributed by atoms with van der Waals surface area (Å²) in [6.07, 6.45) is 8.47. The van der Waals surface area contributed by atoms with Crippen LogP contribution in [0.25, 0.3) is 0 Å². The topological polar surface area (TPSA) is 65.1 Å². The van der Waals surface area contributed by atoms with Gasteiger partial charge in [-0.15, -0.1) is 0 Å². The van der Waals surface area contributed by atoms with E-state index in [0.29, 0.717) is 5.92 Å². The van der Waals surface area contributed by atoms with Gasteiger partial charge >= 0.3 is 0 Å². The van der Waals surface area contributed by atoms with E-state index in [2.05, 4.69) is 23.5 Å². The van der Waals surface area contributed by atoms with Crippen molar-refractivity contribution in [1.82, 2.24) is 15.2 Å². The first kappa shape index (κ1) is 15.5. The summed E-state index contributed by atoms with van der Waals surface area (Å²) in [5, 5.41) is 4.22. The van der Waals surface area contributed by atoms with Crippen LogP contribution in [0.5, 0.6) is 0 Å². The van der Waals surface area contributed by atoms with Gasteiger partial charge in [0.25, 0.3) is 0 Å². The van der Waals surface area contributed by atoms with Gasteiger partial charge in [0, 0.05) is 26.0 Å². The molecule has 1 aromatic rings. The summed E-state index contributed by atoms with van der Waals surface area (Å²) in [6, 6.07) is 2.25. The Balaban J connectivity index is 2.03. The number of methoxy groups -OCH3 is 1. The molecule has 1 aliphatic carbocycles. The summed E-state index contributed by atoms with van der Waals surface area (Å²) < 4.78 is 7.86. The van der Waals surface area contributed by atoms with E-state index < -0.39 is 0 Å². The van der Waals surface area contributed by atoms with Crippen molar-refractivity contribution in [2.75, 3.05) is 7.11 Å². The Morgan fingerprint density at radius 3 is 3.00 bits per heavy atom. The Morgan fingerprint density at radius 2 is 2.45 bits per heavy atom. The summed E-state index contributed by atoms with van der Waals surface area (Å²) in [5.41, 5.74) is 4.13. The van der Waals surface area contributed by atoms with Gasteiger partial charge in [0.1, 0.15) is 0 Å². The molecule has 0 saturated heterocycles. The lowest BCUT2D eigenvalue weighted by Gasteiger charge is -2.44. The zero-order valence-corrected chi connectivity index (χ0v) is 12.9. The van der Waals surface area contributed by atoms with Crippen molar-refractivity contribution in [3.8, 4) is 0 Å². The lowest BCUT2D eigenvalue weighted by molar-refractivity contribution is -0.0809. The number of aryl methyl sites for hydroxylation is 2. The summed E-state index contributed by atoms with van der Waals surface area (Å²) in [7, 11) is 3.81. The highest BCUT2D eigenvalue weighted by Crippen LogP contribution is 2.38. The first-order chi connectivity index (χ1) is 9.61. The van der Waals surface area contributed by atoms with E-state index in [9.17, 15) is 0 Å². The maximum absolute atomic E-state index is 5.94. The average Bonchev–Trinajstić information content (AvgIpc) is 2.85. The second-order valence-electron chi connectivity index (χ2n) is 6.17. The van der Waals surface area contributed by atoms with E-state index in [4.69, 9.17) is 10.6 Å². The number of aromatic nitrogens is 2. The number of nitrogens with one attached hydrogen (secondary N) is 1. The maximum Gasteiger partial charge on any atom is 0.0847 e. The predicted octanol–water partition coefficient (Wildman–Crippen LogP) is 1.78. The van der Waals surface area contributed by atoms with Crippen LogP contribution in [0.3, 0.4) is 0 Å². The number of rotatable bonds is 6. The fourth-order valence-corrected chi connectivity index (χ4v) is 3.62. The molecule has 0 aliphatic heterocycles. The second kappa shape index (κ2) is 6.70. The van der Waals surface area contributed by atoms with Gasteiger partial charge < -0.3 is 4.74 Å². The molecular weight excluding hydrogens is 252 g/mol. The van der Waals surface area contributed by atoms with Crippen molar-refractivity contribution in [2.24, 2.45) is 18.8 Å². The molecule has 0 amide bonds. The fourth-order valence-electron chi connectivity index (χ4n) is 3.62. The molecule has 0 spiro atoms. The van der Waals surface area contributed by atoms with Gasteiger partial charge in [-0.25, -0.2) is 0 Å². The highest BCUT2D eigenvalue weighted by atomic mass is 16.5. The summed E-state index contributed by atoms with van der Waals surface area (Å²) in [5.74, 6) is 6.54. The van der Waals surface area contributed by atoms with Crippen LogP contribution in [0.15, 0.2) is 12.3 Å². The fraction of sp³-hybridized carbons (Fsp3) is 0.800. The molecule has 3 atom stereocenters. The monoisotopic (exact) mass is 280 g/mol. The number of hydrazine groups is 1. The zero-order valence-electron chi connectivity index (χ0n) is 12.9. The first-order valence-electron chi connectivity index (χ1n) is 7.59. The molecule has 0 radical (unpaired) electrons. The molecule has 20 heavy (non-hydrogen) atoms. The van der Waals surface area contributed by atoms with E-state index in [0.717, 1.165) is 25.7 Å². The lowest BCUT2D eigenvalue weighted by Crippen LogP contribution is -2.56. The third-order valence-electron chi connectivity index (χ3n) is 4.85. The molecule has 114 valence electrons. The minimum Gasteiger partial charge on any atom is -0.377 e. The van der Waals surface area contributed by atoms with Crippen molar-refractivity contribution in [3.05, 3.63) is 18.0 Å².